The fourth-order valence-corrected chi connectivity index (χ4v) is 2.58. The lowest BCUT2D eigenvalue weighted by Crippen LogP contribution is -2.29. The molecule has 1 heterocycles. The van der Waals surface area contributed by atoms with Crippen LogP contribution in [0.15, 0.2) is 18.2 Å². The molecule has 0 aromatic heterocycles. The maximum absolute atomic E-state index is 10.8. The van der Waals surface area contributed by atoms with Gasteiger partial charge in [-0.2, -0.15) is 0 Å². The van der Waals surface area contributed by atoms with Gasteiger partial charge in [0.05, 0.1) is 0 Å². The molecule has 116 valence electrons. The van der Waals surface area contributed by atoms with E-state index < -0.39 is 0 Å². The molecule has 0 spiro atoms. The third-order valence-corrected chi connectivity index (χ3v) is 3.80. The van der Waals surface area contributed by atoms with E-state index in [-0.39, 0.29) is 12.8 Å². The third kappa shape index (κ3) is 4.72. The molecule has 1 aliphatic rings. The van der Waals surface area contributed by atoms with Gasteiger partial charge in [-0.1, -0.05) is 12.5 Å². The van der Waals surface area contributed by atoms with Gasteiger partial charge in [-0.15, -0.1) is 0 Å². The van der Waals surface area contributed by atoms with Crippen LogP contribution in [0.1, 0.15) is 36.8 Å². The molecular weight excluding hydrogens is 268 g/mol. The van der Waals surface area contributed by atoms with Crippen molar-refractivity contribution in [1.29, 1.82) is 0 Å². The Morgan fingerprint density at radius 3 is 2.95 bits per heavy atom. The molecule has 5 nitrogen and oxygen atoms in total. The molecule has 5 heteroatoms. The number of fused-ring (bicyclic) bond motifs is 1. The summed E-state index contributed by atoms with van der Waals surface area (Å²) in [5.41, 5.74) is 8.38. The predicted molar refractivity (Wildman–Crippen MR) is 80.8 cm³/mol. The average Bonchev–Trinajstić information content (AvgIpc) is 2.51. The number of carbonyl (C=O) groups excluding carboxylic acids is 1. The number of amides is 1. The number of rotatable bonds is 8. The quantitative estimate of drug-likeness (QED) is 0.431. The van der Waals surface area contributed by atoms with E-state index >= 15 is 0 Å². The maximum atomic E-state index is 10.8. The molecule has 3 N–H and O–H groups in total. The van der Waals surface area contributed by atoms with Crippen LogP contribution in [0.3, 0.4) is 0 Å². The molecular formula is C16H24N2O3. The summed E-state index contributed by atoms with van der Waals surface area (Å²) in [6, 6.07) is 5.96. The number of hydrogen-bond acceptors (Lipinski definition) is 4. The SMILES string of the molecule is NC(CCCCCO)Oc1ccc2c(c1)CCN(C=O)C2. The predicted octanol–water partition coefficient (Wildman–Crippen LogP) is 1.42. The zero-order valence-electron chi connectivity index (χ0n) is 12.3. The van der Waals surface area contributed by atoms with Crippen molar-refractivity contribution >= 4 is 6.41 Å². The maximum Gasteiger partial charge on any atom is 0.210 e. The molecule has 0 radical (unpaired) electrons. The summed E-state index contributed by atoms with van der Waals surface area (Å²) in [6.45, 7) is 1.66. The van der Waals surface area contributed by atoms with E-state index in [1.54, 1.807) is 4.90 Å². The summed E-state index contributed by atoms with van der Waals surface area (Å²) in [5, 5.41) is 8.73. The molecule has 1 aromatic carbocycles. The zero-order chi connectivity index (χ0) is 15.1. The summed E-state index contributed by atoms with van der Waals surface area (Å²) in [4.78, 5) is 12.6. The van der Waals surface area contributed by atoms with Gasteiger partial charge in [0, 0.05) is 19.7 Å². The molecule has 0 saturated carbocycles. The van der Waals surface area contributed by atoms with Crippen LogP contribution < -0.4 is 10.5 Å². The Bertz CT molecular complexity index is 465. The first-order valence-corrected chi connectivity index (χ1v) is 7.57. The van der Waals surface area contributed by atoms with Crippen molar-refractivity contribution in [2.75, 3.05) is 13.2 Å². The minimum absolute atomic E-state index is 0.235. The topological polar surface area (TPSA) is 75.8 Å². The second kappa shape index (κ2) is 8.00. The molecule has 0 aliphatic carbocycles. The Kier molecular flexibility index (Phi) is 6.02. The molecule has 2 rings (SSSR count). The monoisotopic (exact) mass is 292 g/mol. The van der Waals surface area contributed by atoms with Gasteiger partial charge in [-0.3, -0.25) is 10.5 Å². The molecule has 21 heavy (non-hydrogen) atoms. The lowest BCUT2D eigenvalue weighted by molar-refractivity contribution is -0.118. The lowest BCUT2D eigenvalue weighted by atomic mass is 10.00. The van der Waals surface area contributed by atoms with E-state index in [0.29, 0.717) is 6.54 Å². The van der Waals surface area contributed by atoms with Gasteiger partial charge in [-0.25, -0.2) is 0 Å². The molecule has 0 fully saturated rings. The second-order valence-electron chi connectivity index (χ2n) is 5.49. The summed E-state index contributed by atoms with van der Waals surface area (Å²) >= 11 is 0. The first kappa shape index (κ1) is 15.8. The van der Waals surface area contributed by atoms with E-state index in [9.17, 15) is 4.79 Å². The van der Waals surface area contributed by atoms with Crippen LogP contribution in [0.4, 0.5) is 0 Å². The van der Waals surface area contributed by atoms with Gasteiger partial charge >= 0.3 is 0 Å². The lowest BCUT2D eigenvalue weighted by Gasteiger charge is -2.26. The van der Waals surface area contributed by atoms with Gasteiger partial charge in [0.2, 0.25) is 6.41 Å². The highest BCUT2D eigenvalue weighted by molar-refractivity contribution is 5.49. The molecule has 1 amide bonds. The molecule has 0 saturated heterocycles. The number of ether oxygens (including phenoxy) is 1. The Morgan fingerprint density at radius 2 is 2.19 bits per heavy atom. The number of aliphatic hydroxyl groups is 1. The standard InChI is InChI=1S/C16H24N2O3/c17-16(4-2-1-3-9-19)21-15-6-5-14-11-18(12-20)8-7-13(14)10-15/h5-6,10,12,16,19H,1-4,7-9,11,17H2. The van der Waals surface area contributed by atoms with Crippen molar-refractivity contribution in [3.8, 4) is 5.75 Å². The summed E-state index contributed by atoms with van der Waals surface area (Å²) < 4.78 is 5.75. The minimum Gasteiger partial charge on any atom is -0.476 e. The summed E-state index contributed by atoms with van der Waals surface area (Å²) in [7, 11) is 0. The van der Waals surface area contributed by atoms with Crippen LogP contribution in [0.25, 0.3) is 0 Å². The van der Waals surface area contributed by atoms with Crippen molar-refractivity contribution in [1.82, 2.24) is 4.90 Å². The van der Waals surface area contributed by atoms with E-state index in [1.807, 2.05) is 18.2 Å². The van der Waals surface area contributed by atoms with Crippen LogP contribution in [0.5, 0.6) is 5.75 Å². The summed E-state index contributed by atoms with van der Waals surface area (Å²) in [6.07, 6.45) is 4.98. The molecule has 0 bridgehead atoms. The summed E-state index contributed by atoms with van der Waals surface area (Å²) in [5.74, 6) is 0.794. The number of unbranched alkanes of at least 4 members (excludes halogenated alkanes) is 2. The highest BCUT2D eigenvalue weighted by Gasteiger charge is 2.15. The molecule has 1 atom stereocenters. The van der Waals surface area contributed by atoms with Crippen molar-refractivity contribution in [3.63, 3.8) is 0 Å². The van der Waals surface area contributed by atoms with Gasteiger partial charge in [-0.05, 0) is 48.9 Å². The normalized spacial score (nSPS) is 15.4. The largest absolute Gasteiger partial charge is 0.476 e. The average molecular weight is 292 g/mol. The Morgan fingerprint density at radius 1 is 1.33 bits per heavy atom. The van der Waals surface area contributed by atoms with Crippen molar-refractivity contribution in [3.05, 3.63) is 29.3 Å². The Hall–Kier alpha value is -1.59. The number of nitrogens with zero attached hydrogens (tertiary/aromatic N) is 1. The Balaban J connectivity index is 1.86. The van der Waals surface area contributed by atoms with Gasteiger partial charge in [0.1, 0.15) is 12.0 Å². The van der Waals surface area contributed by atoms with Gasteiger partial charge in [0.15, 0.2) is 0 Å². The number of benzene rings is 1. The third-order valence-electron chi connectivity index (χ3n) is 3.80. The first-order chi connectivity index (χ1) is 10.2. The van der Waals surface area contributed by atoms with Crippen molar-refractivity contribution < 1.29 is 14.6 Å². The number of hydrogen-bond donors (Lipinski definition) is 2. The van der Waals surface area contributed by atoms with Crippen LogP contribution >= 0.6 is 0 Å². The fourth-order valence-electron chi connectivity index (χ4n) is 2.58. The van der Waals surface area contributed by atoms with Crippen molar-refractivity contribution in [2.24, 2.45) is 5.73 Å². The minimum atomic E-state index is -0.309. The second-order valence-corrected chi connectivity index (χ2v) is 5.49. The Labute approximate surface area is 125 Å². The van der Waals surface area contributed by atoms with Crippen LogP contribution in [-0.4, -0.2) is 35.8 Å². The van der Waals surface area contributed by atoms with Crippen molar-refractivity contribution in [2.45, 2.75) is 44.9 Å². The van der Waals surface area contributed by atoms with Crippen LogP contribution in [0, 0.1) is 0 Å². The number of aliphatic hydroxyl groups excluding tert-OH is 1. The molecule has 1 aromatic rings. The van der Waals surface area contributed by atoms with E-state index in [1.165, 1.54) is 11.1 Å². The molecule has 1 unspecified atom stereocenters. The smallest absolute Gasteiger partial charge is 0.210 e. The highest BCUT2D eigenvalue weighted by Crippen LogP contribution is 2.24. The highest BCUT2D eigenvalue weighted by atomic mass is 16.5. The van der Waals surface area contributed by atoms with Crippen LogP contribution in [-0.2, 0) is 17.8 Å². The van der Waals surface area contributed by atoms with E-state index in [0.717, 1.165) is 50.8 Å². The van der Waals surface area contributed by atoms with E-state index in [4.69, 9.17) is 15.6 Å². The number of carbonyl (C=O) groups is 1. The van der Waals surface area contributed by atoms with E-state index in [2.05, 4.69) is 0 Å². The van der Waals surface area contributed by atoms with Gasteiger partial charge in [0.25, 0.3) is 0 Å². The van der Waals surface area contributed by atoms with Crippen LogP contribution in [0.2, 0.25) is 0 Å². The van der Waals surface area contributed by atoms with Gasteiger partial charge < -0.3 is 14.7 Å². The zero-order valence-corrected chi connectivity index (χ0v) is 12.3. The first-order valence-electron chi connectivity index (χ1n) is 7.57. The number of nitrogens with two attached hydrogens (primary N) is 1. The fraction of sp³-hybridized carbons (Fsp3) is 0.562. The molecule has 1 aliphatic heterocycles.